The molecule has 3 rings (SSSR count). The molecule has 0 spiro atoms. The molecule has 2 aliphatic rings. The fraction of sp³-hybridized carbons (Fsp3) is 0.643. The first-order valence-corrected chi connectivity index (χ1v) is 7.84. The van der Waals surface area contributed by atoms with Crippen molar-refractivity contribution in [1.82, 2.24) is 14.9 Å². The van der Waals surface area contributed by atoms with Crippen molar-refractivity contribution in [3.05, 3.63) is 11.3 Å². The molecule has 21 heavy (non-hydrogen) atoms. The molecule has 1 aromatic rings. The van der Waals surface area contributed by atoms with Crippen molar-refractivity contribution >= 4 is 29.1 Å². The van der Waals surface area contributed by atoms with Gasteiger partial charge in [-0.1, -0.05) is 24.4 Å². The van der Waals surface area contributed by atoms with Crippen molar-refractivity contribution in [1.29, 1.82) is 0 Å². The number of nitrogens with two attached hydrogens (primary N) is 1. The first kappa shape index (κ1) is 14.4. The summed E-state index contributed by atoms with van der Waals surface area (Å²) in [4.78, 5) is 22.3. The number of likely N-dealkylation sites (tertiary alicyclic amines) is 1. The van der Waals surface area contributed by atoms with Gasteiger partial charge in [0.1, 0.15) is 17.2 Å². The number of carbonyl (C=O) groups excluding carboxylic acids is 1. The summed E-state index contributed by atoms with van der Waals surface area (Å²) in [6.45, 7) is 1.50. The maximum absolute atomic E-state index is 12.4. The van der Waals surface area contributed by atoms with Crippen LogP contribution in [0.4, 0.5) is 11.6 Å². The number of rotatable bonds is 3. The molecule has 0 radical (unpaired) electrons. The Morgan fingerprint density at radius 1 is 1.33 bits per heavy atom. The Labute approximate surface area is 129 Å². The average molecular weight is 310 g/mol. The van der Waals surface area contributed by atoms with E-state index in [9.17, 15) is 4.79 Å². The van der Waals surface area contributed by atoms with Crippen LogP contribution in [0.25, 0.3) is 0 Å². The molecule has 7 heteroatoms. The molecule has 1 aliphatic carbocycles. The summed E-state index contributed by atoms with van der Waals surface area (Å²) in [7, 11) is 0. The zero-order valence-corrected chi connectivity index (χ0v) is 12.6. The van der Waals surface area contributed by atoms with Gasteiger partial charge in [-0.25, -0.2) is 9.97 Å². The van der Waals surface area contributed by atoms with E-state index in [-0.39, 0.29) is 17.8 Å². The number of nitrogens with one attached hydrogen (secondary N) is 1. The van der Waals surface area contributed by atoms with Gasteiger partial charge in [-0.05, 0) is 19.3 Å². The van der Waals surface area contributed by atoms with Gasteiger partial charge in [0.15, 0.2) is 5.82 Å². The van der Waals surface area contributed by atoms with E-state index in [0.29, 0.717) is 23.3 Å². The van der Waals surface area contributed by atoms with E-state index < -0.39 is 0 Å². The Morgan fingerprint density at radius 3 is 2.86 bits per heavy atom. The molecule has 114 valence electrons. The molecule has 1 atom stereocenters. The van der Waals surface area contributed by atoms with Gasteiger partial charge in [0.05, 0.1) is 0 Å². The summed E-state index contributed by atoms with van der Waals surface area (Å²) < 4.78 is 0. The first-order valence-electron chi connectivity index (χ1n) is 7.46. The highest BCUT2D eigenvalue weighted by atomic mass is 35.5. The van der Waals surface area contributed by atoms with E-state index >= 15 is 0 Å². The van der Waals surface area contributed by atoms with Crippen molar-refractivity contribution in [2.75, 3.05) is 24.1 Å². The Hall–Kier alpha value is -1.56. The van der Waals surface area contributed by atoms with Crippen LogP contribution in [-0.4, -0.2) is 39.9 Å². The zero-order chi connectivity index (χ0) is 14.8. The SMILES string of the molecule is Nc1ncnc(NC2CCN(C(=O)C3CCCC3)C2)c1Cl. The minimum absolute atomic E-state index is 0.169. The number of halogens is 1. The second-order valence-electron chi connectivity index (χ2n) is 5.82. The molecule has 0 bridgehead atoms. The van der Waals surface area contributed by atoms with Gasteiger partial charge in [0, 0.05) is 25.0 Å². The minimum Gasteiger partial charge on any atom is -0.382 e. The van der Waals surface area contributed by atoms with Crippen LogP contribution in [0.2, 0.25) is 5.02 Å². The number of amides is 1. The lowest BCUT2D eigenvalue weighted by Gasteiger charge is -2.21. The molecule has 2 fully saturated rings. The number of anilines is 2. The van der Waals surface area contributed by atoms with Gasteiger partial charge < -0.3 is 16.0 Å². The van der Waals surface area contributed by atoms with E-state index in [1.165, 1.54) is 19.2 Å². The predicted molar refractivity (Wildman–Crippen MR) is 82.0 cm³/mol. The lowest BCUT2D eigenvalue weighted by atomic mass is 10.1. The normalized spacial score (nSPS) is 22.7. The molecule has 6 nitrogen and oxygen atoms in total. The van der Waals surface area contributed by atoms with Crippen LogP contribution in [0.1, 0.15) is 32.1 Å². The second-order valence-corrected chi connectivity index (χ2v) is 6.20. The lowest BCUT2D eigenvalue weighted by molar-refractivity contribution is -0.134. The van der Waals surface area contributed by atoms with Crippen LogP contribution in [0.15, 0.2) is 6.33 Å². The predicted octanol–water partition coefficient (Wildman–Crippen LogP) is 1.92. The summed E-state index contributed by atoms with van der Waals surface area (Å²) in [6, 6.07) is 0.169. The van der Waals surface area contributed by atoms with Crippen molar-refractivity contribution in [3.63, 3.8) is 0 Å². The fourth-order valence-corrected chi connectivity index (χ4v) is 3.34. The third-order valence-corrected chi connectivity index (χ3v) is 4.73. The summed E-state index contributed by atoms with van der Waals surface area (Å²) in [5.74, 6) is 1.36. The maximum atomic E-state index is 12.4. The van der Waals surface area contributed by atoms with Crippen LogP contribution >= 0.6 is 11.6 Å². The third kappa shape index (κ3) is 3.05. The molecular weight excluding hydrogens is 290 g/mol. The summed E-state index contributed by atoms with van der Waals surface area (Å²) in [5, 5.41) is 3.61. The second kappa shape index (κ2) is 6.05. The molecule has 1 saturated carbocycles. The Kier molecular flexibility index (Phi) is 4.14. The van der Waals surface area contributed by atoms with Crippen molar-refractivity contribution < 1.29 is 4.79 Å². The van der Waals surface area contributed by atoms with Gasteiger partial charge >= 0.3 is 0 Å². The van der Waals surface area contributed by atoms with Crippen molar-refractivity contribution in [2.45, 2.75) is 38.1 Å². The van der Waals surface area contributed by atoms with Crippen LogP contribution in [0, 0.1) is 5.92 Å². The molecule has 1 aliphatic heterocycles. The molecule has 1 unspecified atom stereocenters. The zero-order valence-electron chi connectivity index (χ0n) is 11.9. The van der Waals surface area contributed by atoms with Gasteiger partial charge in [-0.15, -0.1) is 0 Å². The fourth-order valence-electron chi connectivity index (χ4n) is 3.19. The summed E-state index contributed by atoms with van der Waals surface area (Å²) >= 11 is 6.08. The third-order valence-electron chi connectivity index (χ3n) is 4.36. The number of carbonyl (C=O) groups is 1. The number of nitrogens with zero attached hydrogens (tertiary/aromatic N) is 3. The van der Waals surface area contributed by atoms with Gasteiger partial charge in [-0.3, -0.25) is 4.79 Å². The lowest BCUT2D eigenvalue weighted by Crippen LogP contribution is -2.35. The summed E-state index contributed by atoms with van der Waals surface area (Å²) in [6.07, 6.45) is 6.74. The highest BCUT2D eigenvalue weighted by molar-refractivity contribution is 6.35. The van der Waals surface area contributed by atoms with Crippen LogP contribution in [0.3, 0.4) is 0 Å². The standard InChI is InChI=1S/C14H20ClN5O/c15-11-12(16)17-8-18-13(11)19-10-5-6-20(7-10)14(21)9-3-1-2-4-9/h8-10H,1-7H2,(H3,16,17,18,19). The van der Waals surface area contributed by atoms with Crippen molar-refractivity contribution in [3.8, 4) is 0 Å². The monoisotopic (exact) mass is 309 g/mol. The van der Waals surface area contributed by atoms with Crippen LogP contribution in [0.5, 0.6) is 0 Å². The smallest absolute Gasteiger partial charge is 0.225 e. The van der Waals surface area contributed by atoms with E-state index in [2.05, 4.69) is 15.3 Å². The number of hydrogen-bond acceptors (Lipinski definition) is 5. The Balaban J connectivity index is 1.59. The van der Waals surface area contributed by atoms with Gasteiger partial charge in [0.25, 0.3) is 0 Å². The molecule has 3 N–H and O–H groups in total. The number of aromatic nitrogens is 2. The topological polar surface area (TPSA) is 84.1 Å². The van der Waals surface area contributed by atoms with E-state index in [1.807, 2.05) is 4.90 Å². The highest BCUT2D eigenvalue weighted by Crippen LogP contribution is 2.29. The van der Waals surface area contributed by atoms with E-state index in [0.717, 1.165) is 25.8 Å². The van der Waals surface area contributed by atoms with Crippen LogP contribution < -0.4 is 11.1 Å². The quantitative estimate of drug-likeness (QED) is 0.891. The Morgan fingerprint density at radius 2 is 2.10 bits per heavy atom. The molecular formula is C14H20ClN5O. The van der Waals surface area contributed by atoms with E-state index in [4.69, 9.17) is 17.3 Å². The first-order chi connectivity index (χ1) is 10.1. The van der Waals surface area contributed by atoms with Gasteiger partial charge in [-0.2, -0.15) is 0 Å². The molecule has 0 aromatic carbocycles. The highest BCUT2D eigenvalue weighted by Gasteiger charge is 2.32. The average Bonchev–Trinajstić information content (AvgIpc) is 3.15. The molecule has 1 aromatic heterocycles. The minimum atomic E-state index is 0.169. The number of nitrogen functional groups attached to an aromatic ring is 1. The molecule has 1 saturated heterocycles. The molecule has 2 heterocycles. The largest absolute Gasteiger partial charge is 0.382 e. The molecule has 1 amide bonds. The number of hydrogen-bond donors (Lipinski definition) is 2. The van der Waals surface area contributed by atoms with E-state index in [1.54, 1.807) is 0 Å². The van der Waals surface area contributed by atoms with Crippen molar-refractivity contribution in [2.24, 2.45) is 5.92 Å². The Bertz CT molecular complexity index is 532. The summed E-state index contributed by atoms with van der Waals surface area (Å²) in [5.41, 5.74) is 5.67. The maximum Gasteiger partial charge on any atom is 0.225 e. The van der Waals surface area contributed by atoms with Gasteiger partial charge in [0.2, 0.25) is 5.91 Å². The van der Waals surface area contributed by atoms with Crippen LogP contribution in [-0.2, 0) is 4.79 Å².